The lowest BCUT2D eigenvalue weighted by molar-refractivity contribution is 0.0733. The maximum atomic E-state index is 12.4. The van der Waals surface area contributed by atoms with E-state index in [0.29, 0.717) is 28.6 Å². The first kappa shape index (κ1) is 17.5. The summed E-state index contributed by atoms with van der Waals surface area (Å²) in [6, 6.07) is 9.44. The highest BCUT2D eigenvalue weighted by Crippen LogP contribution is 2.35. The Bertz CT molecular complexity index is 900. The highest BCUT2D eigenvalue weighted by Gasteiger charge is 2.28. The molecular formula is C20H18O6. The number of ketones is 1. The Balaban J connectivity index is 1.85. The van der Waals surface area contributed by atoms with E-state index in [1.807, 2.05) is 0 Å². The summed E-state index contributed by atoms with van der Waals surface area (Å²) < 4.78 is 21.3. The van der Waals surface area contributed by atoms with Crippen LogP contribution in [0.2, 0.25) is 0 Å². The molecule has 0 fully saturated rings. The number of rotatable bonds is 4. The quantitative estimate of drug-likeness (QED) is 0.473. The van der Waals surface area contributed by atoms with E-state index < -0.39 is 5.97 Å². The predicted octanol–water partition coefficient (Wildman–Crippen LogP) is 3.79. The highest BCUT2D eigenvalue weighted by molar-refractivity contribution is 6.12. The van der Waals surface area contributed by atoms with Crippen LogP contribution in [0.3, 0.4) is 0 Å². The zero-order valence-electron chi connectivity index (χ0n) is 14.9. The van der Waals surface area contributed by atoms with Crippen LogP contribution < -0.4 is 18.9 Å². The van der Waals surface area contributed by atoms with Gasteiger partial charge in [0, 0.05) is 12.1 Å². The lowest BCUT2D eigenvalue weighted by Gasteiger charge is -2.09. The van der Waals surface area contributed by atoms with Gasteiger partial charge in [-0.05, 0) is 43.7 Å². The van der Waals surface area contributed by atoms with E-state index in [2.05, 4.69) is 0 Å². The maximum Gasteiger partial charge on any atom is 0.343 e. The molecule has 1 heterocycles. The molecule has 0 saturated carbocycles. The van der Waals surface area contributed by atoms with E-state index in [1.165, 1.54) is 20.3 Å². The average Bonchev–Trinajstić information content (AvgIpc) is 2.97. The summed E-state index contributed by atoms with van der Waals surface area (Å²) in [6.45, 7) is 3.60. The van der Waals surface area contributed by atoms with Crippen LogP contribution in [-0.2, 0) is 0 Å². The molecule has 0 aliphatic carbocycles. The Morgan fingerprint density at radius 1 is 0.923 bits per heavy atom. The number of allylic oxidation sites excluding steroid dienone is 2. The zero-order chi connectivity index (χ0) is 18.8. The molecule has 0 amide bonds. The highest BCUT2D eigenvalue weighted by atomic mass is 16.5. The van der Waals surface area contributed by atoms with Crippen molar-refractivity contribution in [2.45, 2.75) is 13.8 Å². The molecule has 0 saturated heterocycles. The van der Waals surface area contributed by atoms with Crippen molar-refractivity contribution in [2.24, 2.45) is 0 Å². The van der Waals surface area contributed by atoms with Crippen LogP contribution >= 0.6 is 0 Å². The number of carbonyl (C=O) groups is 2. The fraction of sp³-hybridized carbons (Fsp3) is 0.200. The second-order valence-corrected chi connectivity index (χ2v) is 5.91. The lowest BCUT2D eigenvalue weighted by Crippen LogP contribution is -2.09. The van der Waals surface area contributed by atoms with Gasteiger partial charge in [-0.1, -0.05) is 0 Å². The third-order valence-corrected chi connectivity index (χ3v) is 3.87. The van der Waals surface area contributed by atoms with E-state index in [9.17, 15) is 9.59 Å². The number of hydrogen-bond acceptors (Lipinski definition) is 6. The lowest BCUT2D eigenvalue weighted by atomic mass is 10.1. The van der Waals surface area contributed by atoms with Crippen molar-refractivity contribution in [3.8, 4) is 23.0 Å². The number of esters is 1. The first-order chi connectivity index (χ1) is 12.4. The van der Waals surface area contributed by atoms with Gasteiger partial charge in [-0.2, -0.15) is 0 Å². The summed E-state index contributed by atoms with van der Waals surface area (Å²) in [7, 11) is 3.00. The predicted molar refractivity (Wildman–Crippen MR) is 94.3 cm³/mol. The van der Waals surface area contributed by atoms with E-state index in [0.717, 1.165) is 5.57 Å². The number of fused-ring (bicyclic) bond motifs is 1. The first-order valence-corrected chi connectivity index (χ1v) is 7.92. The Kier molecular flexibility index (Phi) is 4.67. The molecule has 0 aromatic heterocycles. The van der Waals surface area contributed by atoms with Gasteiger partial charge in [0.15, 0.2) is 5.76 Å². The minimum atomic E-state index is -0.575. The molecule has 0 N–H and O–H groups in total. The zero-order valence-corrected chi connectivity index (χ0v) is 14.9. The monoisotopic (exact) mass is 354 g/mol. The summed E-state index contributed by atoms with van der Waals surface area (Å²) >= 11 is 0. The third-order valence-electron chi connectivity index (χ3n) is 3.87. The Labute approximate surface area is 150 Å². The molecule has 6 heteroatoms. The van der Waals surface area contributed by atoms with Crippen molar-refractivity contribution in [1.29, 1.82) is 0 Å². The minimum Gasteiger partial charge on any atom is -0.497 e. The SMILES string of the molecule is COc1cc(OC)cc(C(=O)Oc2ccc3c(c2)OC(=C(C)C)C3=O)c1. The summed E-state index contributed by atoms with van der Waals surface area (Å²) in [6.07, 6.45) is 0. The van der Waals surface area contributed by atoms with Gasteiger partial charge in [0.2, 0.25) is 5.78 Å². The molecule has 0 spiro atoms. The van der Waals surface area contributed by atoms with Crippen LogP contribution in [0.5, 0.6) is 23.0 Å². The summed E-state index contributed by atoms with van der Waals surface area (Å²) in [5.74, 6) is 1.17. The molecule has 2 aromatic rings. The number of benzene rings is 2. The molecule has 3 rings (SSSR count). The second-order valence-electron chi connectivity index (χ2n) is 5.91. The molecule has 0 bridgehead atoms. The van der Waals surface area contributed by atoms with Crippen LogP contribution in [0, 0.1) is 0 Å². The fourth-order valence-corrected chi connectivity index (χ4v) is 2.54. The largest absolute Gasteiger partial charge is 0.497 e. The van der Waals surface area contributed by atoms with Gasteiger partial charge in [-0.15, -0.1) is 0 Å². The Morgan fingerprint density at radius 3 is 2.15 bits per heavy atom. The maximum absolute atomic E-state index is 12.4. The van der Waals surface area contributed by atoms with Crippen LogP contribution in [-0.4, -0.2) is 26.0 Å². The van der Waals surface area contributed by atoms with Crippen molar-refractivity contribution in [2.75, 3.05) is 14.2 Å². The van der Waals surface area contributed by atoms with Crippen LogP contribution in [0.25, 0.3) is 0 Å². The molecule has 0 unspecified atom stereocenters. The van der Waals surface area contributed by atoms with Crippen molar-refractivity contribution >= 4 is 11.8 Å². The third kappa shape index (κ3) is 3.26. The van der Waals surface area contributed by atoms with E-state index >= 15 is 0 Å². The summed E-state index contributed by atoms with van der Waals surface area (Å²) in [4.78, 5) is 24.7. The normalized spacial score (nSPS) is 12.3. The number of methoxy groups -OCH3 is 2. The smallest absolute Gasteiger partial charge is 0.343 e. The van der Waals surface area contributed by atoms with Gasteiger partial charge < -0.3 is 18.9 Å². The molecular weight excluding hydrogens is 336 g/mol. The molecule has 6 nitrogen and oxygen atoms in total. The van der Waals surface area contributed by atoms with E-state index in [1.54, 1.807) is 44.2 Å². The summed E-state index contributed by atoms with van der Waals surface area (Å²) in [5, 5.41) is 0. The fourth-order valence-electron chi connectivity index (χ4n) is 2.54. The number of ether oxygens (including phenoxy) is 4. The summed E-state index contributed by atoms with van der Waals surface area (Å²) in [5.41, 5.74) is 1.51. The van der Waals surface area contributed by atoms with Crippen LogP contribution in [0.15, 0.2) is 47.7 Å². The molecule has 26 heavy (non-hydrogen) atoms. The first-order valence-electron chi connectivity index (χ1n) is 7.92. The topological polar surface area (TPSA) is 71.1 Å². The van der Waals surface area contributed by atoms with Crippen molar-refractivity contribution in [3.63, 3.8) is 0 Å². The molecule has 134 valence electrons. The Hall–Kier alpha value is -3.28. The van der Waals surface area contributed by atoms with Crippen LogP contribution in [0.1, 0.15) is 34.6 Å². The Morgan fingerprint density at radius 2 is 1.58 bits per heavy atom. The molecule has 0 atom stereocenters. The van der Waals surface area contributed by atoms with Crippen molar-refractivity contribution < 1.29 is 28.5 Å². The number of hydrogen-bond donors (Lipinski definition) is 0. The molecule has 2 aromatic carbocycles. The van der Waals surface area contributed by atoms with Gasteiger partial charge in [-0.3, -0.25) is 4.79 Å². The van der Waals surface area contributed by atoms with E-state index in [4.69, 9.17) is 18.9 Å². The van der Waals surface area contributed by atoms with Crippen molar-refractivity contribution in [3.05, 3.63) is 58.9 Å². The number of carbonyl (C=O) groups excluding carboxylic acids is 2. The molecule has 1 aliphatic heterocycles. The van der Waals surface area contributed by atoms with Crippen molar-refractivity contribution in [1.82, 2.24) is 0 Å². The second kappa shape index (κ2) is 6.92. The van der Waals surface area contributed by atoms with Gasteiger partial charge in [0.25, 0.3) is 0 Å². The molecule has 0 radical (unpaired) electrons. The van der Waals surface area contributed by atoms with Gasteiger partial charge in [-0.25, -0.2) is 4.79 Å². The average molecular weight is 354 g/mol. The van der Waals surface area contributed by atoms with E-state index in [-0.39, 0.29) is 17.1 Å². The van der Waals surface area contributed by atoms with Gasteiger partial charge in [0.05, 0.1) is 25.3 Å². The number of Topliss-reactive ketones (excluding diaryl/α,β-unsaturated/α-hetero) is 1. The standard InChI is InChI=1S/C20H18O6/c1-11(2)19-18(21)16-6-5-13(10-17(16)26-19)25-20(22)12-7-14(23-3)9-15(8-12)24-4/h5-10H,1-4H3. The minimum absolute atomic E-state index is 0.171. The molecule has 1 aliphatic rings. The van der Waals surface area contributed by atoms with Gasteiger partial charge in [0.1, 0.15) is 23.0 Å². The van der Waals surface area contributed by atoms with Gasteiger partial charge >= 0.3 is 5.97 Å². The van der Waals surface area contributed by atoms with Crippen LogP contribution in [0.4, 0.5) is 0 Å².